The highest BCUT2D eigenvalue weighted by atomic mass is 16.6. The van der Waals surface area contributed by atoms with Crippen LogP contribution in [0.4, 0.5) is 0 Å². The maximum absolute atomic E-state index is 6.18. The highest BCUT2D eigenvalue weighted by Gasteiger charge is 2.25. The fourth-order valence-corrected chi connectivity index (χ4v) is 2.24. The second-order valence-corrected chi connectivity index (χ2v) is 4.93. The minimum Gasteiger partial charge on any atom is -0.486 e. The Morgan fingerprint density at radius 2 is 2.00 bits per heavy atom. The third-order valence-corrected chi connectivity index (χ3v) is 3.40. The quantitative estimate of drug-likeness (QED) is 0.788. The molecule has 0 radical (unpaired) electrons. The van der Waals surface area contributed by atoms with E-state index in [1.54, 1.807) is 0 Å². The van der Waals surface area contributed by atoms with Gasteiger partial charge in [-0.05, 0) is 18.6 Å². The van der Waals surface area contributed by atoms with Crippen LogP contribution < -0.4 is 15.2 Å². The minimum atomic E-state index is -0.0125. The summed E-state index contributed by atoms with van der Waals surface area (Å²) in [5.41, 5.74) is 6.18. The number of hydrogen-bond acceptors (Lipinski definition) is 3. The third kappa shape index (κ3) is 3.39. The van der Waals surface area contributed by atoms with Gasteiger partial charge in [-0.3, -0.25) is 0 Å². The number of benzene rings is 1. The molecule has 2 unspecified atom stereocenters. The molecule has 1 aromatic carbocycles. The molecule has 100 valence electrons. The molecule has 3 heteroatoms. The molecule has 0 amide bonds. The standard InChI is InChI=1S/C15H23NO2/c1-2-3-4-5-8-12(16)15-11-17-13-9-6-7-10-14(13)18-15/h6-7,9-10,12,15H,2-5,8,11,16H2,1H3. The summed E-state index contributed by atoms with van der Waals surface area (Å²) in [4.78, 5) is 0. The number of rotatable bonds is 6. The van der Waals surface area contributed by atoms with E-state index in [0.717, 1.165) is 17.9 Å². The largest absolute Gasteiger partial charge is 0.486 e. The first-order valence-electron chi connectivity index (χ1n) is 6.95. The second kappa shape index (κ2) is 6.64. The lowest BCUT2D eigenvalue weighted by Gasteiger charge is -2.30. The molecule has 18 heavy (non-hydrogen) atoms. The van der Waals surface area contributed by atoms with Crippen LogP contribution in [-0.2, 0) is 0 Å². The summed E-state index contributed by atoms with van der Waals surface area (Å²) >= 11 is 0. The van der Waals surface area contributed by atoms with Crippen molar-refractivity contribution in [2.45, 2.75) is 51.2 Å². The van der Waals surface area contributed by atoms with Gasteiger partial charge in [-0.25, -0.2) is 0 Å². The highest BCUT2D eigenvalue weighted by Crippen LogP contribution is 2.31. The van der Waals surface area contributed by atoms with Gasteiger partial charge in [0, 0.05) is 6.04 Å². The molecule has 0 aliphatic carbocycles. The number of unbranched alkanes of at least 4 members (excludes halogenated alkanes) is 3. The van der Waals surface area contributed by atoms with E-state index in [2.05, 4.69) is 6.92 Å². The number of nitrogens with two attached hydrogens (primary N) is 1. The lowest BCUT2D eigenvalue weighted by Crippen LogP contribution is -2.44. The Kier molecular flexibility index (Phi) is 4.88. The van der Waals surface area contributed by atoms with Crippen molar-refractivity contribution in [3.8, 4) is 11.5 Å². The van der Waals surface area contributed by atoms with Crippen molar-refractivity contribution in [1.29, 1.82) is 0 Å². The van der Waals surface area contributed by atoms with Gasteiger partial charge < -0.3 is 15.2 Å². The van der Waals surface area contributed by atoms with E-state index in [-0.39, 0.29) is 12.1 Å². The summed E-state index contributed by atoms with van der Waals surface area (Å²) < 4.78 is 11.6. The Morgan fingerprint density at radius 1 is 1.22 bits per heavy atom. The van der Waals surface area contributed by atoms with E-state index in [0.29, 0.717) is 6.61 Å². The first-order valence-corrected chi connectivity index (χ1v) is 6.95. The van der Waals surface area contributed by atoms with Gasteiger partial charge in [-0.2, -0.15) is 0 Å². The van der Waals surface area contributed by atoms with E-state index in [1.165, 1.54) is 25.7 Å². The van der Waals surface area contributed by atoms with Crippen LogP contribution in [0.2, 0.25) is 0 Å². The van der Waals surface area contributed by atoms with Crippen LogP contribution in [0.1, 0.15) is 39.0 Å². The van der Waals surface area contributed by atoms with Crippen molar-refractivity contribution >= 4 is 0 Å². The molecule has 2 rings (SSSR count). The van der Waals surface area contributed by atoms with Crippen molar-refractivity contribution in [3.05, 3.63) is 24.3 Å². The molecule has 0 saturated heterocycles. The maximum Gasteiger partial charge on any atom is 0.161 e. The van der Waals surface area contributed by atoms with E-state index < -0.39 is 0 Å². The van der Waals surface area contributed by atoms with Gasteiger partial charge in [0.05, 0.1) is 0 Å². The zero-order valence-electron chi connectivity index (χ0n) is 11.1. The van der Waals surface area contributed by atoms with Crippen LogP contribution in [0, 0.1) is 0 Å². The monoisotopic (exact) mass is 249 g/mol. The Balaban J connectivity index is 1.81. The summed E-state index contributed by atoms with van der Waals surface area (Å²) in [6.07, 6.45) is 5.98. The van der Waals surface area contributed by atoms with Gasteiger partial charge in [-0.1, -0.05) is 44.7 Å². The molecule has 1 heterocycles. The zero-order chi connectivity index (χ0) is 12.8. The lowest BCUT2D eigenvalue weighted by molar-refractivity contribution is 0.0694. The lowest BCUT2D eigenvalue weighted by atomic mass is 10.0. The Morgan fingerprint density at radius 3 is 2.78 bits per heavy atom. The average molecular weight is 249 g/mol. The highest BCUT2D eigenvalue weighted by molar-refractivity contribution is 5.40. The van der Waals surface area contributed by atoms with E-state index >= 15 is 0 Å². The number of fused-ring (bicyclic) bond motifs is 1. The Bertz CT molecular complexity index is 367. The predicted molar refractivity (Wildman–Crippen MR) is 73.1 cm³/mol. The topological polar surface area (TPSA) is 44.5 Å². The van der Waals surface area contributed by atoms with Gasteiger partial charge >= 0.3 is 0 Å². The Hall–Kier alpha value is -1.22. The molecular weight excluding hydrogens is 226 g/mol. The zero-order valence-corrected chi connectivity index (χ0v) is 11.1. The molecule has 0 spiro atoms. The summed E-state index contributed by atoms with van der Waals surface area (Å²) in [6, 6.07) is 7.84. The van der Waals surface area contributed by atoms with Crippen LogP contribution in [0.25, 0.3) is 0 Å². The van der Waals surface area contributed by atoms with Crippen molar-refractivity contribution in [2.75, 3.05) is 6.61 Å². The average Bonchev–Trinajstić information content (AvgIpc) is 2.43. The van der Waals surface area contributed by atoms with Crippen LogP contribution in [0.3, 0.4) is 0 Å². The Labute approximate surface area is 109 Å². The first kappa shape index (κ1) is 13.2. The fourth-order valence-electron chi connectivity index (χ4n) is 2.24. The molecule has 0 bridgehead atoms. The van der Waals surface area contributed by atoms with E-state index in [9.17, 15) is 0 Å². The van der Waals surface area contributed by atoms with Crippen molar-refractivity contribution in [1.82, 2.24) is 0 Å². The van der Waals surface area contributed by atoms with Gasteiger partial charge in [0.25, 0.3) is 0 Å². The van der Waals surface area contributed by atoms with Gasteiger partial charge in [-0.15, -0.1) is 0 Å². The SMILES string of the molecule is CCCCCCC(N)C1COc2ccccc2O1. The molecule has 1 aromatic rings. The molecule has 2 N–H and O–H groups in total. The molecule has 3 nitrogen and oxygen atoms in total. The second-order valence-electron chi connectivity index (χ2n) is 4.93. The predicted octanol–water partition coefficient (Wildman–Crippen LogP) is 3.12. The smallest absolute Gasteiger partial charge is 0.161 e. The summed E-state index contributed by atoms with van der Waals surface area (Å²) in [5, 5.41) is 0. The normalized spacial score (nSPS) is 19.6. The summed E-state index contributed by atoms with van der Waals surface area (Å²) in [7, 11) is 0. The van der Waals surface area contributed by atoms with Crippen LogP contribution in [0.5, 0.6) is 11.5 Å². The van der Waals surface area contributed by atoms with Crippen LogP contribution in [-0.4, -0.2) is 18.8 Å². The van der Waals surface area contributed by atoms with Gasteiger partial charge in [0.1, 0.15) is 12.7 Å². The molecule has 0 fully saturated rings. The van der Waals surface area contributed by atoms with Gasteiger partial charge in [0.15, 0.2) is 11.5 Å². The molecule has 0 saturated carbocycles. The van der Waals surface area contributed by atoms with Crippen molar-refractivity contribution in [2.24, 2.45) is 5.73 Å². The third-order valence-electron chi connectivity index (χ3n) is 3.40. The fraction of sp³-hybridized carbons (Fsp3) is 0.600. The minimum absolute atomic E-state index is 0.0125. The number of ether oxygens (including phenoxy) is 2. The summed E-state index contributed by atoms with van der Waals surface area (Å²) in [6.45, 7) is 2.78. The van der Waals surface area contributed by atoms with Crippen molar-refractivity contribution < 1.29 is 9.47 Å². The molecule has 1 aliphatic rings. The first-order chi connectivity index (χ1) is 8.81. The van der Waals surface area contributed by atoms with Crippen LogP contribution >= 0.6 is 0 Å². The maximum atomic E-state index is 6.18. The number of hydrogen-bond donors (Lipinski definition) is 1. The number of para-hydroxylation sites is 2. The van der Waals surface area contributed by atoms with E-state index in [4.69, 9.17) is 15.2 Å². The molecule has 1 aliphatic heterocycles. The van der Waals surface area contributed by atoms with E-state index in [1.807, 2.05) is 24.3 Å². The molecular formula is C15H23NO2. The molecule has 2 atom stereocenters. The molecule has 0 aromatic heterocycles. The summed E-state index contributed by atoms with van der Waals surface area (Å²) in [5.74, 6) is 1.64. The van der Waals surface area contributed by atoms with Crippen LogP contribution in [0.15, 0.2) is 24.3 Å². The van der Waals surface area contributed by atoms with Crippen molar-refractivity contribution in [3.63, 3.8) is 0 Å². The van der Waals surface area contributed by atoms with Gasteiger partial charge in [0.2, 0.25) is 0 Å².